The van der Waals surface area contributed by atoms with Crippen LogP contribution in [0.4, 0.5) is 5.69 Å². The number of para-hydroxylation sites is 2. The summed E-state index contributed by atoms with van der Waals surface area (Å²) >= 11 is 0. The highest BCUT2D eigenvalue weighted by atomic mass is 16.2. The fraction of sp³-hybridized carbons (Fsp3) is 0.0800. The van der Waals surface area contributed by atoms with Crippen LogP contribution in [-0.4, -0.2) is 10.9 Å². The highest BCUT2D eigenvalue weighted by Gasteiger charge is 2.34. The minimum Gasteiger partial charge on any atom is -0.361 e. The highest BCUT2D eigenvalue weighted by molar-refractivity contribution is 6.06. The predicted octanol–water partition coefficient (Wildman–Crippen LogP) is 5.51. The first-order chi connectivity index (χ1) is 13.8. The van der Waals surface area contributed by atoms with Crippen molar-refractivity contribution in [3.8, 4) is 0 Å². The Labute approximate surface area is 163 Å². The van der Waals surface area contributed by atoms with E-state index in [9.17, 15) is 4.79 Å². The number of hydrogen-bond donors (Lipinski definition) is 1. The molecule has 4 aromatic rings. The van der Waals surface area contributed by atoms with Crippen molar-refractivity contribution in [1.29, 1.82) is 0 Å². The number of nitrogens with one attached hydrogen (secondary N) is 1. The smallest absolute Gasteiger partial charge is 0.251 e. The monoisotopic (exact) mass is 364 g/mol. The van der Waals surface area contributed by atoms with Crippen LogP contribution in [0.15, 0.2) is 91.1 Å². The summed E-state index contributed by atoms with van der Waals surface area (Å²) in [5.74, 6) is 0.00378. The quantitative estimate of drug-likeness (QED) is 0.478. The summed E-state index contributed by atoms with van der Waals surface area (Å²) in [5, 5.41) is 1.17. The Morgan fingerprint density at radius 2 is 1.68 bits per heavy atom. The van der Waals surface area contributed by atoms with Crippen LogP contribution in [0.5, 0.6) is 0 Å². The second-order valence-corrected chi connectivity index (χ2v) is 7.09. The van der Waals surface area contributed by atoms with Gasteiger partial charge in [0.25, 0.3) is 5.91 Å². The van der Waals surface area contributed by atoms with Gasteiger partial charge >= 0.3 is 0 Å². The van der Waals surface area contributed by atoms with Gasteiger partial charge in [0.1, 0.15) is 0 Å². The molecule has 5 rings (SSSR count). The minimum absolute atomic E-state index is 0.00378. The molecule has 0 fully saturated rings. The van der Waals surface area contributed by atoms with E-state index in [-0.39, 0.29) is 11.9 Å². The molecule has 0 aliphatic carbocycles. The number of hydrogen-bond acceptors (Lipinski definition) is 1. The van der Waals surface area contributed by atoms with E-state index >= 15 is 0 Å². The molecule has 136 valence electrons. The molecule has 3 aromatic carbocycles. The number of fused-ring (bicyclic) bond motifs is 2. The summed E-state index contributed by atoms with van der Waals surface area (Å²) in [6, 6.07) is 26.4. The Morgan fingerprint density at radius 3 is 2.57 bits per heavy atom. The third-order valence-corrected chi connectivity index (χ3v) is 5.41. The van der Waals surface area contributed by atoms with Gasteiger partial charge in [-0.25, -0.2) is 0 Å². The van der Waals surface area contributed by atoms with Crippen LogP contribution in [0.25, 0.3) is 17.0 Å². The van der Waals surface area contributed by atoms with Gasteiger partial charge in [0.15, 0.2) is 0 Å². The molecular formula is C25H20N2O. The minimum atomic E-state index is -0.0125. The molecule has 2 heterocycles. The summed E-state index contributed by atoms with van der Waals surface area (Å²) in [4.78, 5) is 18.5. The molecule has 0 saturated carbocycles. The topological polar surface area (TPSA) is 36.1 Å². The normalized spacial score (nSPS) is 16.0. The van der Waals surface area contributed by atoms with Crippen LogP contribution in [0.2, 0.25) is 0 Å². The molecular weight excluding hydrogens is 344 g/mol. The average molecular weight is 364 g/mol. The maximum absolute atomic E-state index is 13.3. The zero-order valence-electron chi connectivity index (χ0n) is 15.4. The van der Waals surface area contributed by atoms with Gasteiger partial charge in [-0.15, -0.1) is 0 Å². The van der Waals surface area contributed by atoms with Crippen LogP contribution in [0, 0.1) is 0 Å². The number of H-pyrrole nitrogens is 1. The average Bonchev–Trinajstić information content (AvgIpc) is 3.34. The molecule has 1 atom stereocenters. The van der Waals surface area contributed by atoms with Crippen molar-refractivity contribution in [3.63, 3.8) is 0 Å². The number of amides is 1. The van der Waals surface area contributed by atoms with Crippen molar-refractivity contribution >= 4 is 28.6 Å². The lowest BCUT2D eigenvalue weighted by Crippen LogP contribution is -2.30. The lowest BCUT2D eigenvalue weighted by atomic mass is 10.0. The number of anilines is 1. The number of benzene rings is 3. The molecule has 1 aromatic heterocycles. The highest BCUT2D eigenvalue weighted by Crippen LogP contribution is 2.42. The van der Waals surface area contributed by atoms with Gasteiger partial charge in [0.05, 0.1) is 6.04 Å². The van der Waals surface area contributed by atoms with Crippen LogP contribution < -0.4 is 4.90 Å². The fourth-order valence-corrected chi connectivity index (χ4v) is 4.09. The Bertz CT molecular complexity index is 1170. The van der Waals surface area contributed by atoms with E-state index in [0.717, 1.165) is 28.8 Å². The zero-order valence-corrected chi connectivity index (χ0v) is 15.4. The van der Waals surface area contributed by atoms with Gasteiger partial charge in [-0.2, -0.15) is 0 Å². The molecule has 1 aliphatic heterocycles. The molecule has 1 N–H and O–H groups in total. The molecule has 0 bridgehead atoms. The van der Waals surface area contributed by atoms with Crippen molar-refractivity contribution < 1.29 is 4.79 Å². The molecule has 0 spiro atoms. The predicted molar refractivity (Wildman–Crippen MR) is 114 cm³/mol. The van der Waals surface area contributed by atoms with Crippen LogP contribution in [0.3, 0.4) is 0 Å². The molecule has 0 radical (unpaired) electrons. The Hall–Kier alpha value is -3.59. The van der Waals surface area contributed by atoms with Gasteiger partial charge in [0, 0.05) is 34.4 Å². The van der Waals surface area contributed by atoms with E-state index in [2.05, 4.69) is 23.2 Å². The first-order valence-corrected chi connectivity index (χ1v) is 9.51. The molecule has 1 aliphatic rings. The van der Waals surface area contributed by atoms with Crippen LogP contribution in [0.1, 0.15) is 22.7 Å². The number of carbonyl (C=O) groups excluding carboxylic acids is 1. The van der Waals surface area contributed by atoms with Crippen molar-refractivity contribution in [1.82, 2.24) is 4.98 Å². The Kier molecular flexibility index (Phi) is 4.06. The Morgan fingerprint density at radius 1 is 0.929 bits per heavy atom. The van der Waals surface area contributed by atoms with Gasteiger partial charge in [-0.1, -0.05) is 66.7 Å². The summed E-state index contributed by atoms with van der Waals surface area (Å²) < 4.78 is 0. The second-order valence-electron chi connectivity index (χ2n) is 7.09. The largest absolute Gasteiger partial charge is 0.361 e. The summed E-state index contributed by atoms with van der Waals surface area (Å²) in [6.45, 7) is 0. The number of nitrogens with zero attached hydrogens (tertiary/aromatic N) is 1. The molecule has 0 saturated heterocycles. The maximum atomic E-state index is 13.3. The SMILES string of the molecule is O=C(/C=C\c1ccccc1)N1c2ccccc2C[C@@H]1c1c[nH]c2ccccc12. The molecule has 3 heteroatoms. The Balaban J connectivity index is 1.55. The molecule has 3 nitrogen and oxygen atoms in total. The lowest BCUT2D eigenvalue weighted by Gasteiger charge is -2.24. The van der Waals surface area contributed by atoms with E-state index in [0.29, 0.717) is 0 Å². The molecule has 0 unspecified atom stereocenters. The van der Waals surface area contributed by atoms with Crippen molar-refractivity contribution in [2.45, 2.75) is 12.5 Å². The van der Waals surface area contributed by atoms with Gasteiger partial charge in [-0.3, -0.25) is 4.79 Å². The standard InChI is InChI=1S/C25H20N2O/c28-25(15-14-18-8-2-1-3-9-18)27-23-13-7-4-10-19(23)16-24(27)21-17-26-22-12-6-5-11-20(21)22/h1-15,17,24,26H,16H2/b15-14-/t24-/m1/s1. The number of aromatic amines is 1. The first-order valence-electron chi connectivity index (χ1n) is 9.51. The third-order valence-electron chi connectivity index (χ3n) is 5.41. The third kappa shape index (κ3) is 2.81. The summed E-state index contributed by atoms with van der Waals surface area (Å²) in [6.07, 6.45) is 6.43. The van der Waals surface area contributed by atoms with E-state index in [4.69, 9.17) is 0 Å². The van der Waals surface area contributed by atoms with Gasteiger partial charge in [-0.05, 0) is 35.8 Å². The van der Waals surface area contributed by atoms with E-state index in [1.165, 1.54) is 10.9 Å². The molecule has 1 amide bonds. The fourth-order valence-electron chi connectivity index (χ4n) is 4.09. The molecule has 28 heavy (non-hydrogen) atoms. The first kappa shape index (κ1) is 16.6. The number of aromatic nitrogens is 1. The lowest BCUT2D eigenvalue weighted by molar-refractivity contribution is -0.114. The van der Waals surface area contributed by atoms with Gasteiger partial charge in [0.2, 0.25) is 0 Å². The second kappa shape index (κ2) is 6.86. The van der Waals surface area contributed by atoms with Crippen LogP contribution >= 0.6 is 0 Å². The van der Waals surface area contributed by atoms with E-state index in [1.54, 1.807) is 6.08 Å². The van der Waals surface area contributed by atoms with Crippen molar-refractivity contribution in [3.05, 3.63) is 108 Å². The van der Waals surface area contributed by atoms with E-state index in [1.807, 2.05) is 77.8 Å². The maximum Gasteiger partial charge on any atom is 0.251 e. The number of rotatable bonds is 3. The number of carbonyl (C=O) groups is 1. The van der Waals surface area contributed by atoms with Crippen molar-refractivity contribution in [2.24, 2.45) is 0 Å². The summed E-state index contributed by atoms with van der Waals surface area (Å²) in [7, 11) is 0. The summed E-state index contributed by atoms with van der Waals surface area (Å²) in [5.41, 5.74) is 5.49. The van der Waals surface area contributed by atoms with Gasteiger partial charge < -0.3 is 9.88 Å². The van der Waals surface area contributed by atoms with E-state index < -0.39 is 0 Å². The van der Waals surface area contributed by atoms with Crippen LogP contribution in [-0.2, 0) is 11.2 Å². The zero-order chi connectivity index (χ0) is 18.9. The van der Waals surface area contributed by atoms with Crippen molar-refractivity contribution in [2.75, 3.05) is 4.90 Å².